The highest BCUT2D eigenvalue weighted by Crippen LogP contribution is 2.26. The Bertz CT molecular complexity index is 961. The van der Waals surface area contributed by atoms with Gasteiger partial charge in [0.2, 0.25) is 5.91 Å². The van der Waals surface area contributed by atoms with Crippen LogP contribution in [0.4, 0.5) is 4.39 Å². The third kappa shape index (κ3) is 5.49. The van der Waals surface area contributed by atoms with Crippen LogP contribution >= 0.6 is 0 Å². The molecular formula is C24H27FN2O4. The molecule has 7 heteroatoms. The standard InChI is InChI=1S/C24H27FN2O4/c1-4-23(28)27-12-11-26(14-17(27)3)15-22(19-6-5-16(2)21(25)13-19)31-20-9-7-18(8-10-20)24(29)30/h4-10,13,17,22H,1,11-12,14-15H2,2-3H3,(H,29,30)/t17-,22?/m1/s1. The van der Waals surface area contributed by atoms with Crippen LogP contribution in [0.25, 0.3) is 0 Å². The van der Waals surface area contributed by atoms with Crippen molar-refractivity contribution in [1.29, 1.82) is 0 Å². The monoisotopic (exact) mass is 426 g/mol. The number of nitrogens with zero attached hydrogens (tertiary/aromatic N) is 2. The van der Waals surface area contributed by atoms with Crippen molar-refractivity contribution in [1.82, 2.24) is 9.80 Å². The van der Waals surface area contributed by atoms with Crippen molar-refractivity contribution >= 4 is 11.9 Å². The zero-order chi connectivity index (χ0) is 22.5. The van der Waals surface area contributed by atoms with E-state index in [9.17, 15) is 14.0 Å². The highest BCUT2D eigenvalue weighted by molar-refractivity contribution is 5.87. The quantitative estimate of drug-likeness (QED) is 0.684. The van der Waals surface area contributed by atoms with Crippen molar-refractivity contribution in [2.45, 2.75) is 26.0 Å². The number of amides is 1. The lowest BCUT2D eigenvalue weighted by Crippen LogP contribution is -2.54. The van der Waals surface area contributed by atoms with Crippen LogP contribution in [0.3, 0.4) is 0 Å². The Kier molecular flexibility index (Phi) is 7.07. The number of hydrogen-bond acceptors (Lipinski definition) is 4. The third-order valence-electron chi connectivity index (χ3n) is 5.54. The van der Waals surface area contributed by atoms with Gasteiger partial charge in [-0.05, 0) is 61.4 Å². The van der Waals surface area contributed by atoms with Crippen LogP contribution < -0.4 is 4.74 Å². The molecule has 1 unspecified atom stereocenters. The zero-order valence-corrected chi connectivity index (χ0v) is 17.8. The van der Waals surface area contributed by atoms with Gasteiger partial charge in [0.25, 0.3) is 0 Å². The molecule has 1 amide bonds. The van der Waals surface area contributed by atoms with Crippen LogP contribution in [0.5, 0.6) is 5.75 Å². The van der Waals surface area contributed by atoms with E-state index in [-0.39, 0.29) is 23.3 Å². The van der Waals surface area contributed by atoms with Gasteiger partial charge in [0.15, 0.2) is 0 Å². The summed E-state index contributed by atoms with van der Waals surface area (Å²) < 4.78 is 20.4. The summed E-state index contributed by atoms with van der Waals surface area (Å²) in [6.07, 6.45) is 0.869. The van der Waals surface area contributed by atoms with Crippen molar-refractivity contribution in [3.05, 3.63) is 77.6 Å². The van der Waals surface area contributed by atoms with Crippen LogP contribution in [-0.4, -0.2) is 59.0 Å². The summed E-state index contributed by atoms with van der Waals surface area (Å²) in [7, 11) is 0. The maximum Gasteiger partial charge on any atom is 0.335 e. The molecule has 0 aliphatic carbocycles. The van der Waals surface area contributed by atoms with Gasteiger partial charge in [0.05, 0.1) is 5.56 Å². The summed E-state index contributed by atoms with van der Waals surface area (Å²) in [6.45, 7) is 9.65. The molecule has 3 rings (SSSR count). The smallest absolute Gasteiger partial charge is 0.335 e. The van der Waals surface area contributed by atoms with Crippen LogP contribution in [-0.2, 0) is 4.79 Å². The van der Waals surface area contributed by atoms with Gasteiger partial charge in [0.1, 0.15) is 17.7 Å². The maximum atomic E-state index is 14.3. The van der Waals surface area contributed by atoms with E-state index in [1.807, 2.05) is 13.0 Å². The van der Waals surface area contributed by atoms with Gasteiger partial charge in [-0.25, -0.2) is 9.18 Å². The van der Waals surface area contributed by atoms with Gasteiger partial charge in [-0.2, -0.15) is 0 Å². The maximum absolute atomic E-state index is 14.3. The fourth-order valence-electron chi connectivity index (χ4n) is 3.74. The van der Waals surface area contributed by atoms with E-state index in [4.69, 9.17) is 9.84 Å². The second-order valence-corrected chi connectivity index (χ2v) is 7.79. The number of benzene rings is 2. The molecule has 164 valence electrons. The molecule has 0 aromatic heterocycles. The fraction of sp³-hybridized carbons (Fsp3) is 0.333. The number of aryl methyl sites for hydroxylation is 1. The molecule has 1 aliphatic rings. The average Bonchev–Trinajstić information content (AvgIpc) is 2.75. The molecule has 1 N–H and O–H groups in total. The predicted octanol–water partition coefficient (Wildman–Crippen LogP) is 3.67. The van der Waals surface area contributed by atoms with Crippen molar-refractivity contribution in [3.8, 4) is 5.75 Å². The highest BCUT2D eigenvalue weighted by atomic mass is 19.1. The normalized spacial score (nSPS) is 17.8. The lowest BCUT2D eigenvalue weighted by Gasteiger charge is -2.40. The molecule has 1 aliphatic heterocycles. The molecule has 2 aromatic rings. The molecule has 0 bridgehead atoms. The minimum Gasteiger partial charge on any atom is -0.484 e. The molecule has 2 atom stereocenters. The first-order valence-electron chi connectivity index (χ1n) is 10.2. The summed E-state index contributed by atoms with van der Waals surface area (Å²) in [4.78, 5) is 27.1. The second-order valence-electron chi connectivity index (χ2n) is 7.79. The first-order valence-corrected chi connectivity index (χ1v) is 10.2. The summed E-state index contributed by atoms with van der Waals surface area (Å²) >= 11 is 0. The van der Waals surface area contributed by atoms with Gasteiger partial charge in [-0.1, -0.05) is 18.7 Å². The molecule has 31 heavy (non-hydrogen) atoms. The number of halogens is 1. The van der Waals surface area contributed by atoms with Gasteiger partial charge in [-0.3, -0.25) is 9.69 Å². The predicted molar refractivity (Wildman–Crippen MR) is 116 cm³/mol. The first-order chi connectivity index (χ1) is 14.8. The topological polar surface area (TPSA) is 70.1 Å². The van der Waals surface area contributed by atoms with E-state index in [1.54, 1.807) is 30.0 Å². The third-order valence-corrected chi connectivity index (χ3v) is 5.54. The van der Waals surface area contributed by atoms with Crippen molar-refractivity contribution in [2.24, 2.45) is 0 Å². The van der Waals surface area contributed by atoms with E-state index in [1.165, 1.54) is 24.3 Å². The van der Waals surface area contributed by atoms with E-state index >= 15 is 0 Å². The van der Waals surface area contributed by atoms with Gasteiger partial charge in [-0.15, -0.1) is 0 Å². The molecule has 0 saturated carbocycles. The minimum atomic E-state index is -1.01. The van der Waals surface area contributed by atoms with E-state index < -0.39 is 12.1 Å². The zero-order valence-electron chi connectivity index (χ0n) is 17.8. The highest BCUT2D eigenvalue weighted by Gasteiger charge is 2.28. The Hall–Kier alpha value is -3.19. The lowest BCUT2D eigenvalue weighted by molar-refractivity contribution is -0.130. The number of rotatable bonds is 7. The Morgan fingerprint density at radius 1 is 1.26 bits per heavy atom. The summed E-state index contributed by atoms with van der Waals surface area (Å²) in [5.74, 6) is -0.893. The number of carbonyl (C=O) groups excluding carboxylic acids is 1. The summed E-state index contributed by atoms with van der Waals surface area (Å²) in [6, 6.07) is 11.2. The van der Waals surface area contributed by atoms with Crippen molar-refractivity contribution in [3.63, 3.8) is 0 Å². The molecule has 0 spiro atoms. The van der Waals surface area contributed by atoms with Gasteiger partial charge < -0.3 is 14.7 Å². The number of carboxylic acids is 1. The Morgan fingerprint density at radius 3 is 2.55 bits per heavy atom. The first kappa shape index (κ1) is 22.5. The van der Waals surface area contributed by atoms with Gasteiger partial charge >= 0.3 is 5.97 Å². The van der Waals surface area contributed by atoms with Crippen molar-refractivity contribution in [2.75, 3.05) is 26.2 Å². The van der Waals surface area contributed by atoms with Gasteiger partial charge in [0, 0.05) is 32.2 Å². The number of hydrogen-bond donors (Lipinski definition) is 1. The number of carbonyl (C=O) groups is 2. The molecular weight excluding hydrogens is 399 g/mol. The SMILES string of the molecule is C=CC(=O)N1CCN(CC(Oc2ccc(C(=O)O)cc2)c2ccc(C)c(F)c2)C[C@H]1C. The minimum absolute atomic E-state index is 0.0181. The second kappa shape index (κ2) is 9.75. The number of piperazine rings is 1. The van der Waals surface area contributed by atoms with E-state index in [0.717, 1.165) is 0 Å². The fourth-order valence-corrected chi connectivity index (χ4v) is 3.74. The Balaban J connectivity index is 1.79. The summed E-state index contributed by atoms with van der Waals surface area (Å²) in [5, 5.41) is 9.09. The van der Waals surface area contributed by atoms with Crippen LogP contribution in [0.2, 0.25) is 0 Å². The van der Waals surface area contributed by atoms with Crippen molar-refractivity contribution < 1.29 is 23.8 Å². The average molecular weight is 426 g/mol. The molecule has 2 aromatic carbocycles. The molecule has 1 saturated heterocycles. The van der Waals surface area contributed by atoms with E-state index in [2.05, 4.69) is 11.5 Å². The molecule has 0 radical (unpaired) electrons. The largest absolute Gasteiger partial charge is 0.484 e. The number of aromatic carboxylic acids is 1. The molecule has 1 fully saturated rings. The van der Waals surface area contributed by atoms with Crippen LogP contribution in [0.1, 0.15) is 34.5 Å². The van der Waals surface area contributed by atoms with Crippen LogP contribution in [0.15, 0.2) is 55.1 Å². The Labute approximate surface area is 181 Å². The number of carboxylic acid groups (broad SMARTS) is 1. The Morgan fingerprint density at radius 2 is 1.97 bits per heavy atom. The number of ether oxygens (including phenoxy) is 1. The molecule has 6 nitrogen and oxygen atoms in total. The van der Waals surface area contributed by atoms with E-state index in [0.29, 0.717) is 43.1 Å². The lowest BCUT2D eigenvalue weighted by atomic mass is 10.0. The molecule has 1 heterocycles. The van der Waals surface area contributed by atoms with Crippen LogP contribution in [0, 0.1) is 12.7 Å². The summed E-state index contributed by atoms with van der Waals surface area (Å²) in [5.41, 5.74) is 1.42.